The van der Waals surface area contributed by atoms with Crippen molar-refractivity contribution in [3.63, 3.8) is 0 Å². The molecule has 0 saturated carbocycles. The zero-order chi connectivity index (χ0) is 14.5. The summed E-state index contributed by atoms with van der Waals surface area (Å²) in [6.07, 6.45) is 0. The number of hydrogen-bond donors (Lipinski definition) is 0. The highest BCUT2D eigenvalue weighted by atomic mass is 35.5. The van der Waals surface area contributed by atoms with Crippen LogP contribution in [0.3, 0.4) is 0 Å². The number of Topliss-reactive ketones (excluding diaryl/α,β-unsaturated/α-hetero) is 1. The van der Waals surface area contributed by atoms with Crippen LogP contribution in [0.4, 0.5) is 4.39 Å². The standard InChI is InChI=1S/C16H15ClFNO/c1-19(10-12-4-2-7-15(18)8-12)11-16(20)13-5-3-6-14(17)9-13/h2-9H,10-11H2,1H3. The number of ketones is 1. The molecule has 0 fully saturated rings. The molecule has 2 aromatic rings. The lowest BCUT2D eigenvalue weighted by Crippen LogP contribution is -2.25. The SMILES string of the molecule is CN(CC(=O)c1cccc(Cl)c1)Cc1cccc(F)c1. The van der Waals surface area contributed by atoms with Gasteiger partial charge < -0.3 is 0 Å². The average molecular weight is 292 g/mol. The molecule has 2 nitrogen and oxygen atoms in total. The molecular weight excluding hydrogens is 277 g/mol. The summed E-state index contributed by atoms with van der Waals surface area (Å²) in [7, 11) is 1.83. The lowest BCUT2D eigenvalue weighted by molar-refractivity contribution is 0.0943. The summed E-state index contributed by atoms with van der Waals surface area (Å²) < 4.78 is 13.1. The van der Waals surface area contributed by atoms with E-state index in [1.807, 2.05) is 18.0 Å². The molecule has 2 rings (SSSR count). The van der Waals surface area contributed by atoms with Crippen molar-refractivity contribution in [3.8, 4) is 0 Å². The van der Waals surface area contributed by atoms with Gasteiger partial charge in [-0.15, -0.1) is 0 Å². The number of carbonyl (C=O) groups is 1. The van der Waals surface area contributed by atoms with Crippen molar-refractivity contribution in [3.05, 3.63) is 70.5 Å². The maximum absolute atomic E-state index is 13.1. The third kappa shape index (κ3) is 4.15. The molecule has 2 aromatic carbocycles. The molecular formula is C16H15ClFNO. The van der Waals surface area contributed by atoms with Gasteiger partial charge in [0.25, 0.3) is 0 Å². The van der Waals surface area contributed by atoms with Gasteiger partial charge in [0, 0.05) is 17.1 Å². The number of carbonyl (C=O) groups excluding carboxylic acids is 1. The summed E-state index contributed by atoms with van der Waals surface area (Å²) in [5.41, 5.74) is 1.43. The Hall–Kier alpha value is -1.71. The molecule has 104 valence electrons. The van der Waals surface area contributed by atoms with Crippen molar-refractivity contribution in [2.24, 2.45) is 0 Å². The predicted octanol–water partition coefficient (Wildman–Crippen LogP) is 3.79. The maximum Gasteiger partial charge on any atom is 0.176 e. The summed E-state index contributed by atoms with van der Waals surface area (Å²) in [5, 5.41) is 0.545. The van der Waals surface area contributed by atoms with E-state index in [9.17, 15) is 9.18 Å². The first-order valence-electron chi connectivity index (χ1n) is 6.26. The zero-order valence-electron chi connectivity index (χ0n) is 11.1. The highest BCUT2D eigenvalue weighted by Crippen LogP contribution is 2.12. The van der Waals surface area contributed by atoms with E-state index in [2.05, 4.69) is 0 Å². The predicted molar refractivity (Wildman–Crippen MR) is 78.5 cm³/mol. The molecule has 4 heteroatoms. The van der Waals surface area contributed by atoms with E-state index >= 15 is 0 Å². The van der Waals surface area contributed by atoms with Crippen LogP contribution in [-0.4, -0.2) is 24.3 Å². The van der Waals surface area contributed by atoms with Crippen LogP contribution in [0.15, 0.2) is 48.5 Å². The van der Waals surface area contributed by atoms with Crippen molar-refractivity contribution >= 4 is 17.4 Å². The number of halogens is 2. The van der Waals surface area contributed by atoms with E-state index in [0.29, 0.717) is 17.1 Å². The van der Waals surface area contributed by atoms with Crippen molar-refractivity contribution in [2.75, 3.05) is 13.6 Å². The van der Waals surface area contributed by atoms with E-state index in [1.54, 1.807) is 30.3 Å². The Labute approximate surface area is 122 Å². The number of benzene rings is 2. The Morgan fingerprint density at radius 3 is 2.65 bits per heavy atom. The van der Waals surface area contributed by atoms with Gasteiger partial charge in [-0.2, -0.15) is 0 Å². The first kappa shape index (κ1) is 14.7. The van der Waals surface area contributed by atoms with Gasteiger partial charge in [0.2, 0.25) is 0 Å². The van der Waals surface area contributed by atoms with E-state index in [4.69, 9.17) is 11.6 Å². The number of hydrogen-bond acceptors (Lipinski definition) is 2. The van der Waals surface area contributed by atoms with Crippen LogP contribution in [0.25, 0.3) is 0 Å². The fraction of sp³-hybridized carbons (Fsp3) is 0.188. The molecule has 0 atom stereocenters. The summed E-state index contributed by atoms with van der Waals surface area (Å²) in [6.45, 7) is 0.779. The van der Waals surface area contributed by atoms with Gasteiger partial charge in [-0.05, 0) is 36.9 Å². The van der Waals surface area contributed by atoms with Crippen molar-refractivity contribution < 1.29 is 9.18 Å². The van der Waals surface area contributed by atoms with Gasteiger partial charge in [-0.25, -0.2) is 4.39 Å². The second kappa shape index (κ2) is 6.64. The topological polar surface area (TPSA) is 20.3 Å². The van der Waals surface area contributed by atoms with Gasteiger partial charge in [0.05, 0.1) is 6.54 Å². The van der Waals surface area contributed by atoms with Crippen molar-refractivity contribution in [1.82, 2.24) is 4.90 Å². The van der Waals surface area contributed by atoms with E-state index in [0.717, 1.165) is 5.56 Å². The van der Waals surface area contributed by atoms with Crippen LogP contribution in [0.5, 0.6) is 0 Å². The molecule has 0 saturated heterocycles. The molecule has 0 amide bonds. The Kier molecular flexibility index (Phi) is 4.88. The number of likely N-dealkylation sites (N-methyl/N-ethyl adjacent to an activating group) is 1. The van der Waals surface area contributed by atoms with Crippen LogP contribution in [0.2, 0.25) is 5.02 Å². The fourth-order valence-electron chi connectivity index (χ4n) is 2.00. The molecule has 0 aromatic heterocycles. The van der Waals surface area contributed by atoms with Crippen LogP contribution in [-0.2, 0) is 6.54 Å². The van der Waals surface area contributed by atoms with Crippen LogP contribution in [0.1, 0.15) is 15.9 Å². The summed E-state index contributed by atoms with van der Waals surface area (Å²) >= 11 is 5.87. The second-order valence-corrected chi connectivity index (χ2v) is 5.17. The minimum atomic E-state index is -0.267. The quantitative estimate of drug-likeness (QED) is 0.781. The van der Waals surface area contributed by atoms with Crippen molar-refractivity contribution in [1.29, 1.82) is 0 Å². The summed E-state index contributed by atoms with van der Waals surface area (Å²) in [5.74, 6) is -0.275. The second-order valence-electron chi connectivity index (χ2n) is 4.74. The van der Waals surface area contributed by atoms with E-state index in [1.165, 1.54) is 12.1 Å². The van der Waals surface area contributed by atoms with Gasteiger partial charge >= 0.3 is 0 Å². The van der Waals surface area contributed by atoms with E-state index < -0.39 is 0 Å². The van der Waals surface area contributed by atoms with Gasteiger partial charge in [-0.1, -0.05) is 35.9 Å². The minimum Gasteiger partial charge on any atom is -0.295 e. The Balaban J connectivity index is 1.97. The number of nitrogens with zero attached hydrogens (tertiary/aromatic N) is 1. The Bertz CT molecular complexity index is 615. The van der Waals surface area contributed by atoms with Gasteiger partial charge in [0.15, 0.2) is 5.78 Å². The van der Waals surface area contributed by atoms with Crippen LogP contribution >= 0.6 is 11.6 Å². The lowest BCUT2D eigenvalue weighted by Gasteiger charge is -2.16. The van der Waals surface area contributed by atoms with Crippen molar-refractivity contribution in [2.45, 2.75) is 6.54 Å². The molecule has 0 unspecified atom stereocenters. The normalized spacial score (nSPS) is 10.8. The molecule has 20 heavy (non-hydrogen) atoms. The molecule has 0 heterocycles. The van der Waals surface area contributed by atoms with Crippen LogP contribution < -0.4 is 0 Å². The molecule has 0 radical (unpaired) electrons. The average Bonchev–Trinajstić information content (AvgIpc) is 2.38. The molecule has 0 aliphatic rings. The fourth-order valence-corrected chi connectivity index (χ4v) is 2.19. The summed E-state index contributed by atoms with van der Waals surface area (Å²) in [6, 6.07) is 13.3. The largest absolute Gasteiger partial charge is 0.295 e. The van der Waals surface area contributed by atoms with Gasteiger partial charge in [0.1, 0.15) is 5.82 Å². The third-order valence-corrected chi connectivity index (χ3v) is 3.14. The highest BCUT2D eigenvalue weighted by Gasteiger charge is 2.10. The first-order chi connectivity index (χ1) is 9.54. The number of rotatable bonds is 5. The minimum absolute atomic E-state index is 0.00796. The molecule has 0 spiro atoms. The molecule has 0 bridgehead atoms. The molecule has 0 aliphatic heterocycles. The van der Waals surface area contributed by atoms with Gasteiger partial charge in [-0.3, -0.25) is 9.69 Å². The lowest BCUT2D eigenvalue weighted by atomic mass is 10.1. The van der Waals surface area contributed by atoms with Crippen LogP contribution in [0, 0.1) is 5.82 Å². The highest BCUT2D eigenvalue weighted by molar-refractivity contribution is 6.31. The molecule has 0 aliphatic carbocycles. The third-order valence-electron chi connectivity index (χ3n) is 2.90. The molecule has 0 N–H and O–H groups in total. The first-order valence-corrected chi connectivity index (χ1v) is 6.64. The van der Waals surface area contributed by atoms with E-state index in [-0.39, 0.29) is 18.1 Å². The smallest absolute Gasteiger partial charge is 0.176 e. The summed E-state index contributed by atoms with van der Waals surface area (Å²) in [4.78, 5) is 13.9. The monoisotopic (exact) mass is 291 g/mol. The Morgan fingerprint density at radius 1 is 1.20 bits per heavy atom. The Morgan fingerprint density at radius 2 is 1.95 bits per heavy atom. The maximum atomic E-state index is 13.1. The zero-order valence-corrected chi connectivity index (χ0v) is 11.9.